The molecule has 1 aromatic rings. The Morgan fingerprint density at radius 3 is 2.56 bits per heavy atom. The van der Waals surface area contributed by atoms with Gasteiger partial charge in [-0.1, -0.05) is 6.07 Å². The summed E-state index contributed by atoms with van der Waals surface area (Å²) in [6, 6.07) is 5.87. The standard InChI is InChI=1S/C13H18O3/c1-8(14)11-7-12(11)10-5-4-9(15-2)6-13(10)16-3/h4-6,8,11-12,14H,7H2,1-3H3/t8-,11+,12+/m1/s1. The molecule has 3 heteroatoms. The number of aliphatic hydroxyl groups is 1. The first-order valence-electron chi connectivity index (χ1n) is 5.57. The summed E-state index contributed by atoms with van der Waals surface area (Å²) in [6.45, 7) is 1.85. The minimum atomic E-state index is -0.239. The van der Waals surface area contributed by atoms with E-state index in [-0.39, 0.29) is 6.10 Å². The summed E-state index contributed by atoms with van der Waals surface area (Å²) in [7, 11) is 3.31. The molecular weight excluding hydrogens is 204 g/mol. The molecule has 2 rings (SSSR count). The van der Waals surface area contributed by atoms with Gasteiger partial charge < -0.3 is 14.6 Å². The van der Waals surface area contributed by atoms with Gasteiger partial charge in [-0.25, -0.2) is 0 Å². The van der Waals surface area contributed by atoms with Crippen LogP contribution >= 0.6 is 0 Å². The third-order valence-corrected chi connectivity index (χ3v) is 3.30. The van der Waals surface area contributed by atoms with Crippen LogP contribution in [0.25, 0.3) is 0 Å². The van der Waals surface area contributed by atoms with Gasteiger partial charge in [0.15, 0.2) is 0 Å². The van der Waals surface area contributed by atoms with Crippen LogP contribution in [0.4, 0.5) is 0 Å². The first-order valence-corrected chi connectivity index (χ1v) is 5.57. The molecule has 3 nitrogen and oxygen atoms in total. The van der Waals surface area contributed by atoms with E-state index in [1.807, 2.05) is 25.1 Å². The van der Waals surface area contributed by atoms with Gasteiger partial charge in [0, 0.05) is 6.07 Å². The fourth-order valence-corrected chi connectivity index (χ4v) is 2.23. The van der Waals surface area contributed by atoms with Crippen LogP contribution < -0.4 is 9.47 Å². The Morgan fingerprint density at radius 2 is 2.06 bits per heavy atom. The Bertz CT molecular complexity index is 373. The van der Waals surface area contributed by atoms with E-state index in [1.54, 1.807) is 14.2 Å². The molecule has 0 radical (unpaired) electrons. The van der Waals surface area contributed by atoms with Crippen LogP contribution in [0, 0.1) is 5.92 Å². The Labute approximate surface area is 96.0 Å². The Balaban J connectivity index is 2.22. The summed E-state index contributed by atoms with van der Waals surface area (Å²) >= 11 is 0. The van der Waals surface area contributed by atoms with Crippen LogP contribution in [-0.4, -0.2) is 25.4 Å². The highest BCUT2D eigenvalue weighted by atomic mass is 16.5. The van der Waals surface area contributed by atoms with Crippen LogP contribution in [0.2, 0.25) is 0 Å². The largest absolute Gasteiger partial charge is 0.497 e. The van der Waals surface area contributed by atoms with E-state index in [0.29, 0.717) is 11.8 Å². The van der Waals surface area contributed by atoms with Crippen molar-refractivity contribution in [2.45, 2.75) is 25.4 Å². The molecule has 0 bridgehead atoms. The van der Waals surface area contributed by atoms with E-state index in [9.17, 15) is 5.11 Å². The van der Waals surface area contributed by atoms with E-state index in [2.05, 4.69) is 0 Å². The lowest BCUT2D eigenvalue weighted by Gasteiger charge is -2.10. The zero-order chi connectivity index (χ0) is 11.7. The first kappa shape index (κ1) is 11.3. The molecule has 0 aliphatic heterocycles. The maximum absolute atomic E-state index is 9.52. The molecule has 0 unspecified atom stereocenters. The van der Waals surface area contributed by atoms with Crippen molar-refractivity contribution in [1.82, 2.24) is 0 Å². The molecule has 0 heterocycles. The molecule has 3 atom stereocenters. The monoisotopic (exact) mass is 222 g/mol. The highest BCUT2D eigenvalue weighted by molar-refractivity contribution is 5.45. The number of aliphatic hydroxyl groups excluding tert-OH is 1. The second kappa shape index (κ2) is 4.34. The summed E-state index contributed by atoms with van der Waals surface area (Å²) in [5.41, 5.74) is 1.18. The fourth-order valence-electron chi connectivity index (χ4n) is 2.23. The fraction of sp³-hybridized carbons (Fsp3) is 0.538. The van der Waals surface area contributed by atoms with Gasteiger partial charge in [0.2, 0.25) is 0 Å². The van der Waals surface area contributed by atoms with Gasteiger partial charge in [-0.05, 0) is 36.8 Å². The SMILES string of the molecule is COc1ccc([C@@H]2C[C@H]2[C@@H](C)O)c(OC)c1. The maximum Gasteiger partial charge on any atom is 0.126 e. The van der Waals surface area contributed by atoms with Crippen molar-refractivity contribution < 1.29 is 14.6 Å². The van der Waals surface area contributed by atoms with E-state index in [4.69, 9.17) is 9.47 Å². The van der Waals surface area contributed by atoms with Crippen LogP contribution in [0.15, 0.2) is 18.2 Å². The van der Waals surface area contributed by atoms with Crippen molar-refractivity contribution >= 4 is 0 Å². The number of ether oxygens (including phenoxy) is 2. The Kier molecular flexibility index (Phi) is 3.06. The zero-order valence-electron chi connectivity index (χ0n) is 9.93. The Morgan fingerprint density at radius 1 is 1.31 bits per heavy atom. The van der Waals surface area contributed by atoms with Gasteiger partial charge in [0.05, 0.1) is 20.3 Å². The lowest BCUT2D eigenvalue weighted by Crippen LogP contribution is -2.04. The number of hydrogen-bond acceptors (Lipinski definition) is 3. The van der Waals surface area contributed by atoms with E-state index < -0.39 is 0 Å². The van der Waals surface area contributed by atoms with Crippen molar-refractivity contribution in [3.63, 3.8) is 0 Å². The van der Waals surface area contributed by atoms with Crippen molar-refractivity contribution in [2.75, 3.05) is 14.2 Å². The van der Waals surface area contributed by atoms with Crippen LogP contribution in [0.1, 0.15) is 24.8 Å². The molecule has 0 amide bonds. The predicted octanol–water partition coefficient (Wildman–Crippen LogP) is 2.19. The molecule has 0 spiro atoms. The van der Waals surface area contributed by atoms with Gasteiger partial charge in [-0.15, -0.1) is 0 Å². The molecule has 1 aliphatic carbocycles. The maximum atomic E-state index is 9.52. The number of hydrogen-bond donors (Lipinski definition) is 1. The molecular formula is C13H18O3. The first-order chi connectivity index (χ1) is 7.67. The van der Waals surface area contributed by atoms with Crippen molar-refractivity contribution in [3.05, 3.63) is 23.8 Å². The van der Waals surface area contributed by atoms with Crippen LogP contribution in [0.3, 0.4) is 0 Å². The summed E-state index contributed by atoms with van der Waals surface area (Å²) in [5, 5.41) is 9.52. The third-order valence-electron chi connectivity index (χ3n) is 3.30. The van der Waals surface area contributed by atoms with Gasteiger partial charge in [0.25, 0.3) is 0 Å². The summed E-state index contributed by atoms with van der Waals surface area (Å²) in [6.07, 6.45) is 0.803. The average molecular weight is 222 g/mol. The van der Waals surface area contributed by atoms with Gasteiger partial charge in [-0.2, -0.15) is 0 Å². The molecule has 1 aliphatic rings. The van der Waals surface area contributed by atoms with Gasteiger partial charge >= 0.3 is 0 Å². The molecule has 1 aromatic carbocycles. The summed E-state index contributed by atoms with van der Waals surface area (Å²) < 4.78 is 10.5. The molecule has 1 N–H and O–H groups in total. The molecule has 88 valence electrons. The van der Waals surface area contributed by atoms with Gasteiger partial charge in [-0.3, -0.25) is 0 Å². The van der Waals surface area contributed by atoms with Crippen molar-refractivity contribution in [2.24, 2.45) is 5.92 Å². The zero-order valence-corrected chi connectivity index (χ0v) is 9.93. The van der Waals surface area contributed by atoms with Crippen molar-refractivity contribution in [1.29, 1.82) is 0 Å². The molecule has 0 saturated heterocycles. The summed E-state index contributed by atoms with van der Waals surface area (Å²) in [4.78, 5) is 0. The lowest BCUT2D eigenvalue weighted by atomic mass is 10.1. The molecule has 1 fully saturated rings. The van der Waals surface area contributed by atoms with Crippen LogP contribution in [0.5, 0.6) is 11.5 Å². The molecule has 1 saturated carbocycles. The normalized spacial score (nSPS) is 25.0. The smallest absolute Gasteiger partial charge is 0.126 e. The Hall–Kier alpha value is -1.22. The summed E-state index contributed by atoms with van der Waals surface area (Å²) in [5.74, 6) is 2.46. The second-order valence-electron chi connectivity index (χ2n) is 4.35. The second-order valence-corrected chi connectivity index (χ2v) is 4.35. The molecule has 0 aromatic heterocycles. The number of rotatable bonds is 4. The predicted molar refractivity (Wildman–Crippen MR) is 62.1 cm³/mol. The average Bonchev–Trinajstić information content (AvgIpc) is 3.08. The third kappa shape index (κ3) is 2.00. The van der Waals surface area contributed by atoms with E-state index >= 15 is 0 Å². The minimum Gasteiger partial charge on any atom is -0.497 e. The quantitative estimate of drug-likeness (QED) is 0.848. The highest BCUT2D eigenvalue weighted by Gasteiger charge is 2.42. The van der Waals surface area contributed by atoms with E-state index in [0.717, 1.165) is 17.9 Å². The minimum absolute atomic E-state index is 0.239. The number of methoxy groups -OCH3 is 2. The van der Waals surface area contributed by atoms with Crippen LogP contribution in [-0.2, 0) is 0 Å². The lowest BCUT2D eigenvalue weighted by molar-refractivity contribution is 0.168. The molecule has 16 heavy (non-hydrogen) atoms. The van der Waals surface area contributed by atoms with Gasteiger partial charge in [0.1, 0.15) is 11.5 Å². The van der Waals surface area contributed by atoms with E-state index in [1.165, 1.54) is 5.56 Å². The van der Waals surface area contributed by atoms with Crippen molar-refractivity contribution in [3.8, 4) is 11.5 Å². The highest BCUT2D eigenvalue weighted by Crippen LogP contribution is 2.52. The topological polar surface area (TPSA) is 38.7 Å². The number of benzene rings is 1.